The van der Waals surface area contributed by atoms with Gasteiger partial charge >= 0.3 is 11.7 Å². The zero-order valence-corrected chi connectivity index (χ0v) is 11.1. The van der Waals surface area contributed by atoms with Crippen molar-refractivity contribution in [2.75, 3.05) is 6.61 Å². The van der Waals surface area contributed by atoms with Crippen molar-refractivity contribution in [2.24, 2.45) is 0 Å². The highest BCUT2D eigenvalue weighted by molar-refractivity contribution is 7.09. The van der Waals surface area contributed by atoms with Crippen LogP contribution in [0.1, 0.15) is 15.2 Å². The number of nitro groups is 1. The van der Waals surface area contributed by atoms with Gasteiger partial charge in [0.15, 0.2) is 0 Å². The topological polar surface area (TPSA) is 69.4 Å². The maximum atomic E-state index is 13.4. The molecule has 0 saturated heterocycles. The molecule has 2 aromatic rings. The van der Waals surface area contributed by atoms with Gasteiger partial charge in [0.05, 0.1) is 17.1 Å². The predicted molar refractivity (Wildman–Crippen MR) is 71.4 cm³/mol. The number of hydrogen-bond acceptors (Lipinski definition) is 5. The minimum Gasteiger partial charge on any atom is -0.462 e. The van der Waals surface area contributed by atoms with Gasteiger partial charge in [-0.3, -0.25) is 10.1 Å². The van der Waals surface area contributed by atoms with Crippen LogP contribution in [0.4, 0.5) is 10.1 Å². The van der Waals surface area contributed by atoms with Crippen molar-refractivity contribution >= 4 is 23.0 Å². The highest BCUT2D eigenvalue weighted by Gasteiger charge is 2.17. The van der Waals surface area contributed by atoms with Crippen LogP contribution in [0.3, 0.4) is 0 Å². The van der Waals surface area contributed by atoms with Crippen LogP contribution in [-0.4, -0.2) is 17.5 Å². The van der Waals surface area contributed by atoms with Crippen LogP contribution in [0.5, 0.6) is 0 Å². The third-order valence-corrected chi connectivity index (χ3v) is 3.48. The minimum absolute atomic E-state index is 0.0423. The van der Waals surface area contributed by atoms with E-state index in [4.69, 9.17) is 4.74 Å². The highest BCUT2D eigenvalue weighted by atomic mass is 32.1. The van der Waals surface area contributed by atoms with E-state index >= 15 is 0 Å². The van der Waals surface area contributed by atoms with Gasteiger partial charge in [0.25, 0.3) is 0 Å². The van der Waals surface area contributed by atoms with Crippen LogP contribution in [0, 0.1) is 15.9 Å². The van der Waals surface area contributed by atoms with E-state index in [-0.39, 0.29) is 12.2 Å². The number of thiophene rings is 1. The van der Waals surface area contributed by atoms with Gasteiger partial charge in [-0.25, -0.2) is 4.79 Å². The monoisotopic (exact) mass is 295 g/mol. The van der Waals surface area contributed by atoms with E-state index in [1.54, 1.807) is 11.3 Å². The van der Waals surface area contributed by atoms with Crippen LogP contribution in [0.2, 0.25) is 0 Å². The number of rotatable bonds is 5. The summed E-state index contributed by atoms with van der Waals surface area (Å²) in [5.41, 5.74) is -0.709. The van der Waals surface area contributed by atoms with Crippen LogP contribution in [0.25, 0.3) is 0 Å². The standard InChI is InChI=1S/C13H10FNO4S/c14-11-8-9(3-4-12(11)15(17)18)13(16)19-6-5-10-2-1-7-20-10/h1-4,7-8H,5-6H2. The molecule has 7 heteroatoms. The molecule has 0 fully saturated rings. The molecule has 0 aliphatic rings. The minimum atomic E-state index is -1.05. The average Bonchev–Trinajstić information content (AvgIpc) is 2.91. The van der Waals surface area contributed by atoms with E-state index in [1.807, 2.05) is 17.5 Å². The lowest BCUT2D eigenvalue weighted by molar-refractivity contribution is -0.387. The Kier molecular flexibility index (Phi) is 4.41. The molecule has 1 aromatic carbocycles. The Labute approximate surface area is 117 Å². The van der Waals surface area contributed by atoms with Crippen molar-refractivity contribution in [3.05, 3.63) is 62.1 Å². The number of carbonyl (C=O) groups is 1. The van der Waals surface area contributed by atoms with E-state index in [0.29, 0.717) is 6.42 Å². The van der Waals surface area contributed by atoms with Gasteiger partial charge in [0.1, 0.15) is 0 Å². The summed E-state index contributed by atoms with van der Waals surface area (Å²) in [5.74, 6) is -1.75. The van der Waals surface area contributed by atoms with E-state index < -0.39 is 22.4 Å². The molecule has 0 unspecified atom stereocenters. The molecular weight excluding hydrogens is 285 g/mol. The number of esters is 1. The van der Waals surface area contributed by atoms with E-state index in [0.717, 1.165) is 17.0 Å². The summed E-state index contributed by atoms with van der Waals surface area (Å²) < 4.78 is 18.3. The second-order valence-corrected chi connectivity index (χ2v) is 4.92. The summed E-state index contributed by atoms with van der Waals surface area (Å²) in [6.07, 6.45) is 0.582. The Morgan fingerprint density at radius 3 is 2.80 bits per heavy atom. The van der Waals surface area contributed by atoms with Crippen molar-refractivity contribution in [3.8, 4) is 0 Å². The molecule has 104 valence electrons. The average molecular weight is 295 g/mol. The first kappa shape index (κ1) is 14.1. The molecule has 2 rings (SSSR count). The van der Waals surface area contributed by atoms with Gasteiger partial charge in [0, 0.05) is 17.4 Å². The molecule has 0 aliphatic carbocycles. The van der Waals surface area contributed by atoms with Gasteiger partial charge in [-0.05, 0) is 23.6 Å². The second kappa shape index (κ2) is 6.25. The van der Waals surface area contributed by atoms with Crippen LogP contribution in [-0.2, 0) is 11.2 Å². The summed E-state index contributed by atoms with van der Waals surface area (Å²) in [5, 5.41) is 12.4. The molecule has 1 aromatic heterocycles. The lowest BCUT2D eigenvalue weighted by atomic mass is 10.2. The Balaban J connectivity index is 1.95. The SMILES string of the molecule is O=C(OCCc1cccs1)c1ccc([N+](=O)[O-])c(F)c1. The molecule has 0 spiro atoms. The summed E-state index contributed by atoms with van der Waals surface area (Å²) >= 11 is 1.55. The number of hydrogen-bond donors (Lipinski definition) is 0. The van der Waals surface area contributed by atoms with Crippen molar-refractivity contribution in [2.45, 2.75) is 6.42 Å². The molecule has 0 bridgehead atoms. The van der Waals surface area contributed by atoms with Crippen molar-refractivity contribution < 1.29 is 18.8 Å². The number of benzene rings is 1. The summed E-state index contributed by atoms with van der Waals surface area (Å²) in [6.45, 7) is 0.179. The molecule has 5 nitrogen and oxygen atoms in total. The van der Waals surface area contributed by atoms with Gasteiger partial charge in [0.2, 0.25) is 5.82 Å². The first-order valence-corrected chi connectivity index (χ1v) is 6.59. The van der Waals surface area contributed by atoms with Crippen molar-refractivity contribution in [1.29, 1.82) is 0 Å². The number of nitrogens with zero attached hydrogens (tertiary/aromatic N) is 1. The highest BCUT2D eigenvalue weighted by Crippen LogP contribution is 2.18. The number of halogens is 1. The van der Waals surface area contributed by atoms with Crippen LogP contribution >= 0.6 is 11.3 Å². The zero-order chi connectivity index (χ0) is 14.5. The summed E-state index contributed by atoms with van der Waals surface area (Å²) in [7, 11) is 0. The molecule has 1 heterocycles. The molecule has 0 radical (unpaired) electrons. The molecular formula is C13H10FNO4S. The third kappa shape index (κ3) is 3.39. The van der Waals surface area contributed by atoms with Crippen molar-refractivity contribution in [1.82, 2.24) is 0 Å². The lowest BCUT2D eigenvalue weighted by Crippen LogP contribution is -2.08. The smallest absolute Gasteiger partial charge is 0.338 e. The molecule has 0 saturated carbocycles. The predicted octanol–water partition coefficient (Wildman–Crippen LogP) is 3.19. The normalized spacial score (nSPS) is 10.2. The maximum absolute atomic E-state index is 13.4. The van der Waals surface area contributed by atoms with Gasteiger partial charge < -0.3 is 4.74 Å². The van der Waals surface area contributed by atoms with Gasteiger partial charge in [-0.1, -0.05) is 6.07 Å². The fourth-order valence-corrected chi connectivity index (χ4v) is 2.25. The molecule has 0 amide bonds. The second-order valence-electron chi connectivity index (χ2n) is 3.89. The van der Waals surface area contributed by atoms with Crippen LogP contribution < -0.4 is 0 Å². The quantitative estimate of drug-likeness (QED) is 0.482. The van der Waals surface area contributed by atoms with E-state index in [9.17, 15) is 19.3 Å². The largest absolute Gasteiger partial charge is 0.462 e. The fourth-order valence-electron chi connectivity index (χ4n) is 1.56. The zero-order valence-electron chi connectivity index (χ0n) is 10.2. The van der Waals surface area contributed by atoms with Crippen molar-refractivity contribution in [3.63, 3.8) is 0 Å². The number of ether oxygens (including phenoxy) is 1. The molecule has 0 N–H and O–H groups in total. The van der Waals surface area contributed by atoms with E-state index in [1.165, 1.54) is 6.07 Å². The van der Waals surface area contributed by atoms with Gasteiger partial charge in [-0.15, -0.1) is 11.3 Å². The third-order valence-electron chi connectivity index (χ3n) is 2.54. The number of nitro benzene ring substituents is 1. The molecule has 0 aliphatic heterocycles. The summed E-state index contributed by atoms with van der Waals surface area (Å²) in [6, 6.07) is 6.75. The van der Waals surface area contributed by atoms with Crippen LogP contribution in [0.15, 0.2) is 35.7 Å². The first-order chi connectivity index (χ1) is 9.58. The Morgan fingerprint density at radius 1 is 1.40 bits per heavy atom. The maximum Gasteiger partial charge on any atom is 0.338 e. The van der Waals surface area contributed by atoms with E-state index in [2.05, 4.69) is 0 Å². The lowest BCUT2D eigenvalue weighted by Gasteiger charge is -2.04. The first-order valence-electron chi connectivity index (χ1n) is 5.71. The van der Waals surface area contributed by atoms with Gasteiger partial charge in [-0.2, -0.15) is 4.39 Å². The molecule has 20 heavy (non-hydrogen) atoms. The summed E-state index contributed by atoms with van der Waals surface area (Å²) in [4.78, 5) is 22.3. The molecule has 0 atom stereocenters. The fraction of sp³-hybridized carbons (Fsp3) is 0.154. The Morgan fingerprint density at radius 2 is 2.20 bits per heavy atom. The Bertz CT molecular complexity index is 627. The number of carbonyl (C=O) groups excluding carboxylic acids is 1. The Hall–Kier alpha value is -2.28.